The molecule has 0 bridgehead atoms. The molecule has 2 aliphatic heterocycles. The zero-order chi connectivity index (χ0) is 24.2. The number of anilines is 1. The lowest BCUT2D eigenvalue weighted by atomic mass is 9.92. The average molecular weight is 496 g/mol. The number of para-hydroxylation sites is 2. The van der Waals surface area contributed by atoms with E-state index in [4.69, 9.17) is 21.7 Å². The molecule has 0 fully saturated rings. The number of H-pyrrole nitrogens is 1. The Bertz CT molecular complexity index is 1450. The molecule has 0 saturated carbocycles. The number of nitrogens with zero attached hydrogens (tertiary/aromatic N) is 1. The number of aromatic nitrogens is 1. The summed E-state index contributed by atoms with van der Waals surface area (Å²) in [6.07, 6.45) is -3.80. The number of alkyl halides is 3. The van der Waals surface area contributed by atoms with Crippen molar-refractivity contribution in [3.05, 3.63) is 89.1 Å². The molecule has 35 heavy (non-hydrogen) atoms. The minimum absolute atomic E-state index is 0.0723. The highest BCUT2D eigenvalue weighted by atomic mass is 32.1. The van der Waals surface area contributed by atoms with E-state index in [0.717, 1.165) is 28.2 Å². The van der Waals surface area contributed by atoms with Crippen molar-refractivity contribution < 1.29 is 22.6 Å². The van der Waals surface area contributed by atoms with E-state index in [2.05, 4.69) is 16.4 Å². The van der Waals surface area contributed by atoms with Crippen molar-refractivity contribution in [1.82, 2.24) is 9.88 Å². The van der Waals surface area contributed by atoms with Crippen molar-refractivity contribution >= 4 is 33.9 Å². The van der Waals surface area contributed by atoms with E-state index in [9.17, 15) is 13.2 Å². The van der Waals surface area contributed by atoms with Crippen LogP contribution in [0.25, 0.3) is 10.9 Å². The molecule has 4 aromatic rings. The van der Waals surface area contributed by atoms with Gasteiger partial charge in [0.25, 0.3) is 0 Å². The number of rotatable bonds is 2. The van der Waals surface area contributed by atoms with Crippen LogP contribution in [-0.4, -0.2) is 28.3 Å². The van der Waals surface area contributed by atoms with Crippen LogP contribution >= 0.6 is 12.2 Å². The number of ether oxygens (including phenoxy) is 2. The second kappa shape index (κ2) is 8.20. The molecule has 0 aliphatic carbocycles. The van der Waals surface area contributed by atoms with E-state index < -0.39 is 11.7 Å². The number of hydrogen-bond donors (Lipinski definition) is 2. The quantitative estimate of drug-likeness (QED) is 0.322. The molecule has 5 nitrogen and oxygen atoms in total. The van der Waals surface area contributed by atoms with E-state index in [1.165, 1.54) is 17.7 Å². The van der Waals surface area contributed by atoms with E-state index in [-0.39, 0.29) is 23.6 Å². The molecule has 1 aromatic heterocycles. The first-order valence-electron chi connectivity index (χ1n) is 11.1. The highest BCUT2D eigenvalue weighted by molar-refractivity contribution is 7.80. The molecular weight excluding hydrogens is 475 g/mol. The third kappa shape index (κ3) is 3.76. The molecule has 0 spiro atoms. The highest BCUT2D eigenvalue weighted by Gasteiger charge is 2.36. The summed E-state index contributed by atoms with van der Waals surface area (Å²) in [4.78, 5) is 5.46. The number of thiocarbonyl (C=S) groups is 1. The third-order valence-electron chi connectivity index (χ3n) is 6.48. The number of aromatic amines is 1. The van der Waals surface area contributed by atoms with Crippen LogP contribution in [0.4, 0.5) is 18.9 Å². The summed E-state index contributed by atoms with van der Waals surface area (Å²) in [7, 11) is 0. The van der Waals surface area contributed by atoms with Crippen LogP contribution in [0.1, 0.15) is 28.4 Å². The maximum absolute atomic E-state index is 13.6. The number of fused-ring (bicyclic) bond motifs is 4. The minimum atomic E-state index is -4.50. The van der Waals surface area contributed by atoms with E-state index in [1.54, 1.807) is 6.07 Å². The maximum Gasteiger partial charge on any atom is 0.418 e. The smallest absolute Gasteiger partial charge is 0.418 e. The summed E-state index contributed by atoms with van der Waals surface area (Å²) in [5.74, 6) is 1.29. The average Bonchev–Trinajstić information content (AvgIpc) is 3.47. The topological polar surface area (TPSA) is 49.5 Å². The zero-order valence-corrected chi connectivity index (χ0v) is 19.2. The van der Waals surface area contributed by atoms with Gasteiger partial charge >= 0.3 is 6.18 Å². The van der Waals surface area contributed by atoms with Gasteiger partial charge in [0.2, 0.25) is 6.79 Å². The highest BCUT2D eigenvalue weighted by Crippen LogP contribution is 2.42. The molecule has 2 N–H and O–H groups in total. The Hall–Kier alpha value is -3.72. The Morgan fingerprint density at radius 2 is 1.77 bits per heavy atom. The van der Waals surface area contributed by atoms with Crippen LogP contribution in [0.2, 0.25) is 0 Å². The second-order valence-electron chi connectivity index (χ2n) is 8.49. The van der Waals surface area contributed by atoms with Gasteiger partial charge < -0.3 is 24.7 Å². The van der Waals surface area contributed by atoms with Gasteiger partial charge in [-0.15, -0.1) is 0 Å². The zero-order valence-electron chi connectivity index (χ0n) is 18.4. The van der Waals surface area contributed by atoms with Crippen molar-refractivity contribution in [2.45, 2.75) is 18.6 Å². The first-order chi connectivity index (χ1) is 16.9. The molecule has 6 rings (SSSR count). The van der Waals surface area contributed by atoms with Crippen molar-refractivity contribution in [3.8, 4) is 11.5 Å². The summed E-state index contributed by atoms with van der Waals surface area (Å²) < 4.78 is 51.9. The van der Waals surface area contributed by atoms with Gasteiger partial charge in [0.1, 0.15) is 0 Å². The molecular formula is C26H20F3N3O2S. The van der Waals surface area contributed by atoms with Crippen molar-refractivity contribution in [3.63, 3.8) is 0 Å². The van der Waals surface area contributed by atoms with Crippen LogP contribution in [-0.2, 0) is 12.6 Å². The third-order valence-corrected chi connectivity index (χ3v) is 6.82. The first-order valence-corrected chi connectivity index (χ1v) is 11.5. The van der Waals surface area contributed by atoms with Crippen LogP contribution < -0.4 is 14.8 Å². The van der Waals surface area contributed by atoms with E-state index in [0.29, 0.717) is 24.5 Å². The molecule has 3 aromatic carbocycles. The van der Waals surface area contributed by atoms with Crippen molar-refractivity contribution in [2.24, 2.45) is 0 Å². The van der Waals surface area contributed by atoms with Crippen LogP contribution in [0, 0.1) is 0 Å². The number of nitrogens with one attached hydrogen (secondary N) is 2. The van der Waals surface area contributed by atoms with E-state index in [1.807, 2.05) is 41.3 Å². The van der Waals surface area contributed by atoms with Gasteiger partial charge in [-0.25, -0.2) is 0 Å². The Morgan fingerprint density at radius 3 is 2.63 bits per heavy atom. The van der Waals surface area contributed by atoms with Crippen LogP contribution in [0.5, 0.6) is 11.5 Å². The Morgan fingerprint density at radius 1 is 1.00 bits per heavy atom. The Labute approximate surface area is 204 Å². The summed E-state index contributed by atoms with van der Waals surface area (Å²) in [5.41, 5.74) is 3.21. The van der Waals surface area contributed by atoms with Crippen LogP contribution in [0.15, 0.2) is 66.7 Å². The summed E-state index contributed by atoms with van der Waals surface area (Å²) >= 11 is 5.70. The number of benzene rings is 3. The Balaban J connectivity index is 1.43. The fourth-order valence-electron chi connectivity index (χ4n) is 4.92. The lowest BCUT2D eigenvalue weighted by Crippen LogP contribution is -2.43. The van der Waals surface area contributed by atoms with Crippen molar-refractivity contribution in [1.29, 1.82) is 0 Å². The maximum atomic E-state index is 13.6. The Kier molecular flexibility index (Phi) is 5.10. The van der Waals surface area contributed by atoms with Gasteiger partial charge in [-0.2, -0.15) is 13.2 Å². The van der Waals surface area contributed by atoms with Crippen molar-refractivity contribution in [2.75, 3.05) is 18.7 Å². The van der Waals surface area contributed by atoms with Gasteiger partial charge in [-0.3, -0.25) is 0 Å². The summed E-state index contributed by atoms with van der Waals surface area (Å²) in [6, 6.07) is 18.8. The fourth-order valence-corrected chi connectivity index (χ4v) is 5.22. The lowest BCUT2D eigenvalue weighted by Gasteiger charge is -2.38. The largest absolute Gasteiger partial charge is 0.454 e. The molecule has 1 atom stereocenters. The second-order valence-corrected chi connectivity index (χ2v) is 8.88. The minimum Gasteiger partial charge on any atom is -0.454 e. The predicted molar refractivity (Wildman–Crippen MR) is 131 cm³/mol. The summed E-state index contributed by atoms with van der Waals surface area (Å²) in [5, 5.41) is 4.22. The van der Waals surface area contributed by atoms with Crippen LogP contribution in [0.3, 0.4) is 0 Å². The van der Waals surface area contributed by atoms with Gasteiger partial charge in [0.15, 0.2) is 16.6 Å². The molecule has 0 unspecified atom stereocenters. The number of halogens is 3. The first kappa shape index (κ1) is 21.8. The number of hydrogen-bond acceptors (Lipinski definition) is 3. The molecule has 3 heterocycles. The summed E-state index contributed by atoms with van der Waals surface area (Å²) in [6.45, 7) is 0.687. The lowest BCUT2D eigenvalue weighted by molar-refractivity contribution is -0.136. The SMILES string of the molecule is FC(F)(F)c1ccccc1NC(=S)N1CCc2c([nH]c3ccccc23)[C@@H]1c1ccc2c(c1)OCO2. The normalized spacial score (nSPS) is 16.9. The van der Waals surface area contributed by atoms with Gasteiger partial charge in [-0.1, -0.05) is 36.4 Å². The molecule has 0 radical (unpaired) electrons. The monoisotopic (exact) mass is 495 g/mol. The predicted octanol–water partition coefficient (Wildman–Crippen LogP) is 6.26. The molecule has 2 aliphatic rings. The molecule has 9 heteroatoms. The molecule has 0 saturated heterocycles. The molecule has 178 valence electrons. The van der Waals surface area contributed by atoms with Gasteiger partial charge in [0.05, 0.1) is 17.3 Å². The van der Waals surface area contributed by atoms with Gasteiger partial charge in [-0.05, 0) is 60.1 Å². The van der Waals surface area contributed by atoms with E-state index >= 15 is 0 Å². The molecule has 0 amide bonds. The fraction of sp³-hybridized carbons (Fsp3) is 0.192. The van der Waals surface area contributed by atoms with Gasteiger partial charge in [0, 0.05) is 23.1 Å². The standard InChI is InChI=1S/C26H20F3N3O2S/c27-26(28,29)18-6-2-4-8-20(18)31-25(35)32-12-11-17-16-5-1-3-7-19(16)30-23(17)24(32)15-9-10-21-22(13-15)34-14-33-21/h1-10,13,24,30H,11-12,14H2,(H,31,35)/t24-/m0/s1.